The Morgan fingerprint density at radius 2 is 1.90 bits per heavy atom. The fourth-order valence-corrected chi connectivity index (χ4v) is 4.18. The average Bonchev–Trinajstić information content (AvgIpc) is 3.20. The van der Waals surface area contributed by atoms with Crippen molar-refractivity contribution in [3.8, 4) is 5.75 Å². The van der Waals surface area contributed by atoms with Gasteiger partial charge in [0.15, 0.2) is 0 Å². The van der Waals surface area contributed by atoms with E-state index in [9.17, 15) is 13.2 Å². The molecule has 0 spiro atoms. The number of furan rings is 1. The van der Waals surface area contributed by atoms with Gasteiger partial charge in [0.05, 0.1) is 31.4 Å². The number of amides is 1. The maximum absolute atomic E-state index is 13.1. The number of hydrogen-bond acceptors (Lipinski definition) is 5. The number of benzene rings is 2. The highest BCUT2D eigenvalue weighted by molar-refractivity contribution is 7.89. The number of carbonyl (C=O) groups is 1. The van der Waals surface area contributed by atoms with E-state index in [2.05, 4.69) is 5.32 Å². The molecule has 7 nitrogen and oxygen atoms in total. The third kappa shape index (κ3) is 5.38. The van der Waals surface area contributed by atoms with Crippen LogP contribution in [0.15, 0.2) is 76.2 Å². The fraction of sp³-hybridized carbons (Fsp3) is 0.150. The largest absolute Gasteiger partial charge is 0.497 e. The predicted molar refractivity (Wildman–Crippen MR) is 109 cm³/mol. The summed E-state index contributed by atoms with van der Waals surface area (Å²) in [4.78, 5) is 12.6. The maximum atomic E-state index is 13.1. The van der Waals surface area contributed by atoms with Crippen molar-refractivity contribution in [1.29, 1.82) is 0 Å². The summed E-state index contributed by atoms with van der Waals surface area (Å²) in [6.45, 7) is -0.494. The molecule has 3 aromatic rings. The van der Waals surface area contributed by atoms with Gasteiger partial charge in [-0.25, -0.2) is 8.42 Å². The van der Waals surface area contributed by atoms with E-state index in [1.807, 2.05) is 0 Å². The molecule has 1 aromatic heterocycles. The van der Waals surface area contributed by atoms with E-state index in [-0.39, 0.29) is 11.4 Å². The number of anilines is 1. The monoisotopic (exact) mass is 434 g/mol. The van der Waals surface area contributed by atoms with Crippen LogP contribution >= 0.6 is 11.6 Å². The van der Waals surface area contributed by atoms with E-state index >= 15 is 0 Å². The van der Waals surface area contributed by atoms with Gasteiger partial charge in [0.1, 0.15) is 11.5 Å². The van der Waals surface area contributed by atoms with Crippen LogP contribution in [0.4, 0.5) is 5.69 Å². The lowest BCUT2D eigenvalue weighted by Gasteiger charge is -2.21. The molecule has 0 bridgehead atoms. The van der Waals surface area contributed by atoms with Gasteiger partial charge in [0.25, 0.3) is 0 Å². The first kappa shape index (κ1) is 20.9. The van der Waals surface area contributed by atoms with Crippen LogP contribution in [0.2, 0.25) is 5.02 Å². The number of sulfonamides is 1. The zero-order chi connectivity index (χ0) is 20.9. The molecule has 0 radical (unpaired) electrons. The lowest BCUT2D eigenvalue weighted by atomic mass is 10.3. The molecule has 2 aromatic carbocycles. The second-order valence-corrected chi connectivity index (χ2v) is 8.46. The molecule has 1 amide bonds. The second kappa shape index (κ2) is 9.13. The van der Waals surface area contributed by atoms with Crippen LogP contribution in [0.25, 0.3) is 0 Å². The van der Waals surface area contributed by atoms with E-state index in [0.717, 1.165) is 4.31 Å². The minimum Gasteiger partial charge on any atom is -0.497 e. The third-order valence-electron chi connectivity index (χ3n) is 4.04. The first-order valence-corrected chi connectivity index (χ1v) is 10.4. The summed E-state index contributed by atoms with van der Waals surface area (Å²) >= 11 is 5.93. The van der Waals surface area contributed by atoms with Gasteiger partial charge in [-0.2, -0.15) is 4.31 Å². The number of rotatable bonds is 8. The molecular formula is C20H19ClN2O5S. The van der Waals surface area contributed by atoms with Crippen molar-refractivity contribution in [2.75, 3.05) is 19.0 Å². The molecule has 0 aliphatic carbocycles. The van der Waals surface area contributed by atoms with Crippen LogP contribution in [-0.4, -0.2) is 32.3 Å². The average molecular weight is 435 g/mol. The molecule has 0 saturated carbocycles. The number of carbonyl (C=O) groups excluding carboxylic acids is 1. The van der Waals surface area contributed by atoms with E-state index in [1.54, 1.807) is 48.5 Å². The van der Waals surface area contributed by atoms with Gasteiger partial charge < -0.3 is 14.5 Å². The topological polar surface area (TPSA) is 88.9 Å². The first-order valence-electron chi connectivity index (χ1n) is 8.60. The van der Waals surface area contributed by atoms with Crippen molar-refractivity contribution < 1.29 is 22.4 Å². The Morgan fingerprint density at radius 3 is 2.52 bits per heavy atom. The highest BCUT2D eigenvalue weighted by Crippen LogP contribution is 2.22. The molecule has 0 atom stereocenters. The van der Waals surface area contributed by atoms with Crippen molar-refractivity contribution in [3.63, 3.8) is 0 Å². The summed E-state index contributed by atoms with van der Waals surface area (Å²) in [5, 5.41) is 3.11. The van der Waals surface area contributed by atoms with Gasteiger partial charge in [-0.3, -0.25) is 4.79 Å². The molecule has 0 saturated heterocycles. The number of nitrogens with zero attached hydrogens (tertiary/aromatic N) is 1. The lowest BCUT2D eigenvalue weighted by Crippen LogP contribution is -2.37. The van der Waals surface area contributed by atoms with Gasteiger partial charge in [0.2, 0.25) is 15.9 Å². The Bertz CT molecular complexity index is 1070. The van der Waals surface area contributed by atoms with E-state index in [4.69, 9.17) is 20.8 Å². The third-order valence-corrected chi connectivity index (χ3v) is 6.08. The summed E-state index contributed by atoms with van der Waals surface area (Å²) in [5.74, 6) is 0.439. The van der Waals surface area contributed by atoms with Crippen molar-refractivity contribution in [3.05, 3.63) is 77.7 Å². The first-order chi connectivity index (χ1) is 13.9. The van der Waals surface area contributed by atoms with Gasteiger partial charge in [-0.1, -0.05) is 17.7 Å². The SMILES string of the molecule is COc1ccc(S(=O)(=O)N(CC(=O)Nc2cccc(Cl)c2)Cc2ccco2)cc1. The van der Waals surface area contributed by atoms with E-state index in [1.165, 1.54) is 25.5 Å². The molecule has 1 heterocycles. The lowest BCUT2D eigenvalue weighted by molar-refractivity contribution is -0.116. The van der Waals surface area contributed by atoms with E-state index in [0.29, 0.717) is 22.2 Å². The minimum absolute atomic E-state index is 0.0420. The Balaban J connectivity index is 1.84. The summed E-state index contributed by atoms with van der Waals surface area (Å²) in [5.41, 5.74) is 0.474. The Hall–Kier alpha value is -2.81. The molecule has 29 heavy (non-hydrogen) atoms. The summed E-state index contributed by atoms with van der Waals surface area (Å²) < 4.78 is 37.7. The zero-order valence-electron chi connectivity index (χ0n) is 15.5. The zero-order valence-corrected chi connectivity index (χ0v) is 17.1. The quantitative estimate of drug-likeness (QED) is 0.583. The summed E-state index contributed by atoms with van der Waals surface area (Å²) in [7, 11) is -2.47. The predicted octanol–water partition coefficient (Wildman–Crippen LogP) is 3.77. The van der Waals surface area contributed by atoms with Crippen LogP contribution in [0.3, 0.4) is 0 Å². The number of methoxy groups -OCH3 is 1. The molecule has 9 heteroatoms. The number of ether oxygens (including phenoxy) is 1. The van der Waals surface area contributed by atoms with Crippen LogP contribution in [-0.2, 0) is 21.4 Å². The molecule has 3 rings (SSSR count). The van der Waals surface area contributed by atoms with Gasteiger partial charge in [-0.05, 0) is 54.6 Å². The highest BCUT2D eigenvalue weighted by Gasteiger charge is 2.28. The number of hydrogen-bond donors (Lipinski definition) is 1. The standard InChI is InChI=1S/C20H19ClN2O5S/c1-27-17-7-9-19(10-8-17)29(25,26)23(13-18-6-3-11-28-18)14-20(24)22-16-5-2-4-15(21)12-16/h2-12H,13-14H2,1H3,(H,22,24). The van der Waals surface area contributed by atoms with Gasteiger partial charge in [-0.15, -0.1) is 0 Å². The smallest absolute Gasteiger partial charge is 0.243 e. The minimum atomic E-state index is -3.97. The van der Waals surface area contributed by atoms with Crippen molar-refractivity contribution in [1.82, 2.24) is 4.31 Å². The molecule has 0 fully saturated rings. The van der Waals surface area contributed by atoms with Crippen molar-refractivity contribution in [2.24, 2.45) is 0 Å². The van der Waals surface area contributed by atoms with Crippen LogP contribution < -0.4 is 10.1 Å². The normalized spacial score (nSPS) is 11.4. The Morgan fingerprint density at radius 1 is 1.14 bits per heavy atom. The molecule has 1 N–H and O–H groups in total. The molecule has 0 aliphatic heterocycles. The van der Waals surface area contributed by atoms with Crippen LogP contribution in [0.5, 0.6) is 5.75 Å². The van der Waals surface area contributed by atoms with Gasteiger partial charge >= 0.3 is 0 Å². The maximum Gasteiger partial charge on any atom is 0.243 e. The molecule has 0 unspecified atom stereocenters. The Kier molecular flexibility index (Phi) is 6.58. The molecule has 0 aliphatic rings. The van der Waals surface area contributed by atoms with Gasteiger partial charge in [0, 0.05) is 10.7 Å². The fourth-order valence-electron chi connectivity index (χ4n) is 2.63. The number of nitrogens with one attached hydrogen (secondary N) is 1. The number of halogens is 1. The second-order valence-electron chi connectivity index (χ2n) is 6.09. The molecule has 152 valence electrons. The van der Waals surface area contributed by atoms with Crippen LogP contribution in [0, 0.1) is 0 Å². The summed E-state index contributed by atoms with van der Waals surface area (Å²) in [6.07, 6.45) is 1.44. The van der Waals surface area contributed by atoms with E-state index < -0.39 is 22.5 Å². The summed E-state index contributed by atoms with van der Waals surface area (Å²) in [6, 6.07) is 15.9. The highest BCUT2D eigenvalue weighted by atomic mass is 35.5. The molecular weight excluding hydrogens is 416 g/mol. The van der Waals surface area contributed by atoms with Crippen LogP contribution in [0.1, 0.15) is 5.76 Å². The van der Waals surface area contributed by atoms with Crippen molar-refractivity contribution >= 4 is 33.2 Å². The van der Waals surface area contributed by atoms with Crippen molar-refractivity contribution in [2.45, 2.75) is 11.4 Å². The Labute approximate surface area is 173 Å².